The second-order valence-corrected chi connectivity index (χ2v) is 5.51. The van der Waals surface area contributed by atoms with Crippen LogP contribution in [0.25, 0.3) is 0 Å². The number of nitrogens with zero attached hydrogens (tertiary/aromatic N) is 1. The van der Waals surface area contributed by atoms with E-state index in [4.69, 9.17) is 4.74 Å². The number of aryl methyl sites for hydroxylation is 1. The maximum atomic E-state index is 13.8. The quantitative estimate of drug-likeness (QED) is 0.793. The van der Waals surface area contributed by atoms with Crippen molar-refractivity contribution in [2.45, 2.75) is 19.4 Å². The first-order valence-electron chi connectivity index (χ1n) is 7.16. The Hall–Kier alpha value is -2.17. The topological polar surface area (TPSA) is 12.5 Å². The summed E-state index contributed by atoms with van der Waals surface area (Å²) in [6, 6.07) is 9.22. The summed E-state index contributed by atoms with van der Waals surface area (Å²) in [6.07, 6.45) is 0.541. The third-order valence-electron chi connectivity index (χ3n) is 3.78. The molecule has 1 heterocycles. The molecule has 2 aromatic rings. The average Bonchev–Trinajstić information content (AvgIpc) is 2.93. The molecule has 5 heteroatoms. The van der Waals surface area contributed by atoms with Gasteiger partial charge >= 0.3 is 0 Å². The minimum atomic E-state index is -1.17. The number of rotatable bonds is 3. The second-order valence-electron chi connectivity index (χ2n) is 5.51. The van der Waals surface area contributed by atoms with Crippen LogP contribution in [-0.4, -0.2) is 19.2 Å². The Morgan fingerprint density at radius 2 is 1.82 bits per heavy atom. The van der Waals surface area contributed by atoms with Gasteiger partial charge in [-0.25, -0.2) is 13.2 Å². The van der Waals surface area contributed by atoms with Crippen LogP contribution in [0, 0.1) is 24.4 Å². The van der Waals surface area contributed by atoms with Crippen LogP contribution in [0.4, 0.5) is 18.9 Å². The molecule has 1 aliphatic rings. The maximum absolute atomic E-state index is 13.8. The smallest absolute Gasteiger partial charge is 0.182 e. The Balaban J connectivity index is 1.71. The van der Waals surface area contributed by atoms with E-state index in [0.29, 0.717) is 25.6 Å². The van der Waals surface area contributed by atoms with Crippen LogP contribution >= 0.6 is 0 Å². The van der Waals surface area contributed by atoms with E-state index in [1.807, 2.05) is 31.2 Å². The van der Waals surface area contributed by atoms with Crippen molar-refractivity contribution in [1.82, 2.24) is 0 Å². The molecule has 0 radical (unpaired) electrons. The molecule has 1 atom stereocenters. The van der Waals surface area contributed by atoms with Gasteiger partial charge in [0, 0.05) is 25.1 Å². The SMILES string of the molecule is Cc1ccc(OC2CCN(c3cc(F)cc(F)c3F)C2)cc1. The van der Waals surface area contributed by atoms with Crippen LogP contribution in [0.5, 0.6) is 5.75 Å². The van der Waals surface area contributed by atoms with Crippen molar-refractivity contribution in [3.05, 3.63) is 59.4 Å². The van der Waals surface area contributed by atoms with E-state index in [9.17, 15) is 13.2 Å². The molecule has 1 fully saturated rings. The van der Waals surface area contributed by atoms with Crippen LogP contribution in [0.2, 0.25) is 0 Å². The maximum Gasteiger partial charge on any atom is 0.182 e. The Morgan fingerprint density at radius 3 is 2.55 bits per heavy atom. The monoisotopic (exact) mass is 307 g/mol. The Labute approximate surface area is 127 Å². The molecule has 0 aliphatic carbocycles. The number of ether oxygens (including phenoxy) is 1. The predicted octanol–water partition coefficient (Wildman–Crippen LogP) is 4.07. The van der Waals surface area contributed by atoms with Crippen molar-refractivity contribution in [2.75, 3.05) is 18.0 Å². The summed E-state index contributed by atoms with van der Waals surface area (Å²) >= 11 is 0. The molecule has 2 aromatic carbocycles. The van der Waals surface area contributed by atoms with Crippen molar-refractivity contribution in [2.24, 2.45) is 0 Å². The summed E-state index contributed by atoms with van der Waals surface area (Å²) in [6.45, 7) is 2.88. The zero-order valence-electron chi connectivity index (χ0n) is 12.2. The molecule has 2 nitrogen and oxygen atoms in total. The van der Waals surface area contributed by atoms with E-state index in [1.54, 1.807) is 4.90 Å². The Bertz CT molecular complexity index is 672. The lowest BCUT2D eigenvalue weighted by Gasteiger charge is -2.20. The minimum absolute atomic E-state index is 0.0486. The lowest BCUT2D eigenvalue weighted by molar-refractivity contribution is 0.225. The molecule has 0 N–H and O–H groups in total. The third-order valence-corrected chi connectivity index (χ3v) is 3.78. The van der Waals surface area contributed by atoms with E-state index in [0.717, 1.165) is 17.4 Å². The second kappa shape index (κ2) is 5.91. The average molecular weight is 307 g/mol. The Kier molecular flexibility index (Phi) is 3.96. The number of hydrogen-bond acceptors (Lipinski definition) is 2. The normalized spacial score (nSPS) is 17.8. The highest BCUT2D eigenvalue weighted by molar-refractivity contribution is 5.49. The van der Waals surface area contributed by atoms with Gasteiger partial charge in [-0.2, -0.15) is 0 Å². The number of halogens is 3. The molecule has 3 rings (SSSR count). The highest BCUT2D eigenvalue weighted by Crippen LogP contribution is 2.28. The number of hydrogen-bond donors (Lipinski definition) is 0. The highest BCUT2D eigenvalue weighted by Gasteiger charge is 2.27. The van der Waals surface area contributed by atoms with Gasteiger partial charge in [0.05, 0.1) is 12.2 Å². The summed E-state index contributed by atoms with van der Waals surface area (Å²) in [4.78, 5) is 1.61. The van der Waals surface area contributed by atoms with Gasteiger partial charge in [0.15, 0.2) is 11.6 Å². The predicted molar refractivity (Wildman–Crippen MR) is 78.7 cm³/mol. The molecule has 0 bridgehead atoms. The lowest BCUT2D eigenvalue weighted by Crippen LogP contribution is -2.25. The molecule has 1 unspecified atom stereocenters. The molecule has 1 aliphatic heterocycles. The largest absolute Gasteiger partial charge is 0.489 e. The van der Waals surface area contributed by atoms with Crippen molar-refractivity contribution in [3.8, 4) is 5.75 Å². The van der Waals surface area contributed by atoms with Crippen LogP contribution in [0.3, 0.4) is 0 Å². The first-order chi connectivity index (χ1) is 10.5. The van der Waals surface area contributed by atoms with Gasteiger partial charge in [0.25, 0.3) is 0 Å². The summed E-state index contributed by atoms with van der Waals surface area (Å²) < 4.78 is 46.2. The molecule has 1 saturated heterocycles. The first kappa shape index (κ1) is 14.8. The highest BCUT2D eigenvalue weighted by atomic mass is 19.2. The van der Waals surface area contributed by atoms with E-state index < -0.39 is 17.5 Å². The van der Waals surface area contributed by atoms with Gasteiger partial charge in [-0.15, -0.1) is 0 Å². The molecule has 22 heavy (non-hydrogen) atoms. The van der Waals surface area contributed by atoms with Crippen molar-refractivity contribution < 1.29 is 17.9 Å². The van der Waals surface area contributed by atoms with Gasteiger partial charge in [0.2, 0.25) is 0 Å². The van der Waals surface area contributed by atoms with Crippen molar-refractivity contribution >= 4 is 5.69 Å². The van der Waals surface area contributed by atoms with Crippen LogP contribution in [-0.2, 0) is 0 Å². The van der Waals surface area contributed by atoms with Gasteiger partial charge < -0.3 is 9.64 Å². The van der Waals surface area contributed by atoms with Gasteiger partial charge in [-0.1, -0.05) is 17.7 Å². The van der Waals surface area contributed by atoms with Crippen molar-refractivity contribution in [3.63, 3.8) is 0 Å². The van der Waals surface area contributed by atoms with E-state index >= 15 is 0 Å². The minimum Gasteiger partial charge on any atom is -0.489 e. The summed E-state index contributed by atoms with van der Waals surface area (Å²) in [5.74, 6) is -2.23. The molecule has 0 aromatic heterocycles. The summed E-state index contributed by atoms with van der Waals surface area (Å²) in [5, 5.41) is 0. The fraction of sp³-hybridized carbons (Fsp3) is 0.294. The summed E-state index contributed by atoms with van der Waals surface area (Å²) in [7, 11) is 0. The number of anilines is 1. The zero-order valence-corrected chi connectivity index (χ0v) is 12.2. The van der Waals surface area contributed by atoms with E-state index in [1.165, 1.54) is 0 Å². The van der Waals surface area contributed by atoms with Crippen LogP contribution in [0.1, 0.15) is 12.0 Å². The fourth-order valence-corrected chi connectivity index (χ4v) is 2.63. The molecular weight excluding hydrogens is 291 g/mol. The third kappa shape index (κ3) is 3.03. The van der Waals surface area contributed by atoms with Crippen LogP contribution < -0.4 is 9.64 Å². The molecular formula is C17H16F3NO. The first-order valence-corrected chi connectivity index (χ1v) is 7.16. The van der Waals surface area contributed by atoms with Crippen LogP contribution in [0.15, 0.2) is 36.4 Å². The Morgan fingerprint density at radius 1 is 1.09 bits per heavy atom. The molecule has 116 valence electrons. The van der Waals surface area contributed by atoms with Crippen molar-refractivity contribution in [1.29, 1.82) is 0 Å². The molecule has 0 amide bonds. The molecule has 0 saturated carbocycles. The van der Waals surface area contributed by atoms with Gasteiger partial charge in [-0.3, -0.25) is 0 Å². The number of benzene rings is 2. The lowest BCUT2D eigenvalue weighted by atomic mass is 10.2. The zero-order chi connectivity index (χ0) is 15.7. The van der Waals surface area contributed by atoms with E-state index in [2.05, 4.69) is 0 Å². The molecule has 0 spiro atoms. The fourth-order valence-electron chi connectivity index (χ4n) is 2.63. The van der Waals surface area contributed by atoms with Gasteiger partial charge in [-0.05, 0) is 19.1 Å². The standard InChI is InChI=1S/C17H16F3NO/c1-11-2-4-13(5-3-11)22-14-6-7-21(10-14)16-9-12(18)8-15(19)17(16)20/h2-5,8-9,14H,6-7,10H2,1H3. The summed E-state index contributed by atoms with van der Waals surface area (Å²) in [5.41, 5.74) is 1.09. The van der Waals surface area contributed by atoms with E-state index in [-0.39, 0.29) is 11.8 Å². The van der Waals surface area contributed by atoms with Gasteiger partial charge in [0.1, 0.15) is 17.7 Å².